The highest BCUT2D eigenvalue weighted by Crippen LogP contribution is 2.25. The van der Waals surface area contributed by atoms with E-state index in [1.54, 1.807) is 72.7 Å². The fraction of sp³-hybridized carbons (Fsp3) is 0.469. The van der Waals surface area contributed by atoms with E-state index in [4.69, 9.17) is 15.2 Å². The fourth-order valence-electron chi connectivity index (χ4n) is 4.31. The predicted octanol–water partition coefficient (Wildman–Crippen LogP) is 3.12. The van der Waals surface area contributed by atoms with Crippen LogP contribution >= 0.6 is 0 Å². The Balaban J connectivity index is 2.52. The van der Waals surface area contributed by atoms with E-state index >= 15 is 0 Å². The van der Waals surface area contributed by atoms with E-state index in [1.807, 2.05) is 6.07 Å². The van der Waals surface area contributed by atoms with E-state index in [-0.39, 0.29) is 18.7 Å². The third-order valence-electron chi connectivity index (χ3n) is 6.08. The quantitative estimate of drug-likeness (QED) is 0.264. The maximum atomic E-state index is 14.1. The van der Waals surface area contributed by atoms with E-state index in [1.165, 1.54) is 24.3 Å². The molecule has 0 fully saturated rings. The number of carbonyl (C=O) groups excluding carboxylic acids is 5. The molecule has 0 radical (unpaired) electrons. The lowest BCUT2D eigenvalue weighted by Crippen LogP contribution is -2.55. The number of hydrogen-bond donors (Lipinski definition) is 4. The van der Waals surface area contributed by atoms with Crippen molar-refractivity contribution in [1.29, 1.82) is 0 Å². The third-order valence-corrected chi connectivity index (χ3v) is 6.08. The average molecular weight is 613 g/mol. The summed E-state index contributed by atoms with van der Waals surface area (Å²) >= 11 is 0. The molecular weight excluding hydrogens is 568 g/mol. The van der Waals surface area contributed by atoms with Crippen LogP contribution in [0.5, 0.6) is 5.75 Å². The molecule has 12 heteroatoms. The summed E-state index contributed by atoms with van der Waals surface area (Å²) in [5.74, 6) is -3.13. The minimum atomic E-state index is -1.46. The van der Waals surface area contributed by atoms with Gasteiger partial charge < -0.3 is 35.8 Å². The SMILES string of the molecule is CCN(C(=O)C(CC(N)=O)NC(=O)OC(C)(C)C)C(C(=O)NC(Cc1ccccc1)C(=O)OC(C)(C)C)c1ccc(O)cc1. The molecule has 2 aromatic rings. The van der Waals surface area contributed by atoms with Gasteiger partial charge in [-0.3, -0.25) is 14.4 Å². The maximum absolute atomic E-state index is 14.1. The number of phenolic OH excluding ortho intramolecular Hbond substituents is 1. The number of hydrogen-bond acceptors (Lipinski definition) is 8. The lowest BCUT2D eigenvalue weighted by atomic mass is 10.00. The van der Waals surface area contributed by atoms with E-state index in [0.717, 1.165) is 10.5 Å². The molecule has 5 N–H and O–H groups in total. The number of rotatable bonds is 12. The molecule has 2 rings (SSSR count). The highest BCUT2D eigenvalue weighted by molar-refractivity contribution is 5.95. The molecule has 3 atom stereocenters. The summed E-state index contributed by atoms with van der Waals surface area (Å²) in [5.41, 5.74) is 4.73. The normalized spacial score (nSPS) is 13.5. The second-order valence-corrected chi connectivity index (χ2v) is 12.3. The van der Waals surface area contributed by atoms with Crippen LogP contribution in [0.1, 0.15) is 72.1 Å². The first-order valence-electron chi connectivity index (χ1n) is 14.3. The molecule has 0 aliphatic carbocycles. The molecular formula is C32H44N4O8. The van der Waals surface area contributed by atoms with Crippen molar-refractivity contribution in [3.05, 3.63) is 65.7 Å². The Morgan fingerprint density at radius 1 is 0.841 bits per heavy atom. The molecule has 0 heterocycles. The molecule has 0 spiro atoms. The summed E-state index contributed by atoms with van der Waals surface area (Å²) in [6.07, 6.45) is -1.41. The first-order valence-corrected chi connectivity index (χ1v) is 14.3. The minimum Gasteiger partial charge on any atom is -0.508 e. The number of ether oxygens (including phenoxy) is 2. The van der Waals surface area contributed by atoms with Crippen LogP contribution in [-0.2, 0) is 35.1 Å². The zero-order chi connectivity index (χ0) is 33.2. The van der Waals surface area contributed by atoms with Crippen molar-refractivity contribution in [2.45, 2.75) is 90.6 Å². The first-order chi connectivity index (χ1) is 20.4. The Kier molecular flexibility index (Phi) is 12.3. The number of likely N-dealkylation sites (N-methyl/N-ethyl adjacent to an activating group) is 1. The van der Waals surface area contributed by atoms with Gasteiger partial charge in [0.15, 0.2) is 0 Å². The second-order valence-electron chi connectivity index (χ2n) is 12.3. The van der Waals surface area contributed by atoms with Crippen molar-refractivity contribution in [2.75, 3.05) is 6.54 Å². The van der Waals surface area contributed by atoms with Crippen molar-refractivity contribution in [2.24, 2.45) is 5.73 Å². The van der Waals surface area contributed by atoms with Crippen molar-refractivity contribution in [1.82, 2.24) is 15.5 Å². The summed E-state index contributed by atoms with van der Waals surface area (Å²) < 4.78 is 10.9. The van der Waals surface area contributed by atoms with Crippen LogP contribution in [0.3, 0.4) is 0 Å². The molecule has 2 aromatic carbocycles. The van der Waals surface area contributed by atoms with Gasteiger partial charge in [0, 0.05) is 13.0 Å². The van der Waals surface area contributed by atoms with Crippen LogP contribution in [0.25, 0.3) is 0 Å². The van der Waals surface area contributed by atoms with Crippen molar-refractivity contribution < 1.29 is 38.6 Å². The third kappa shape index (κ3) is 11.6. The van der Waals surface area contributed by atoms with Crippen LogP contribution in [-0.4, -0.2) is 69.6 Å². The molecule has 0 saturated carbocycles. The molecule has 12 nitrogen and oxygen atoms in total. The fourth-order valence-corrected chi connectivity index (χ4v) is 4.31. The van der Waals surface area contributed by atoms with Gasteiger partial charge in [0.1, 0.15) is 35.1 Å². The van der Waals surface area contributed by atoms with Gasteiger partial charge in [-0.05, 0) is 71.7 Å². The number of nitrogens with one attached hydrogen (secondary N) is 2. The number of amides is 4. The lowest BCUT2D eigenvalue weighted by molar-refractivity contribution is -0.159. The van der Waals surface area contributed by atoms with Gasteiger partial charge in [-0.2, -0.15) is 0 Å². The smallest absolute Gasteiger partial charge is 0.408 e. The molecule has 0 aliphatic heterocycles. The number of phenols is 1. The molecule has 0 bridgehead atoms. The maximum Gasteiger partial charge on any atom is 0.408 e. The summed E-state index contributed by atoms with van der Waals surface area (Å²) in [6, 6.07) is 10.7. The highest BCUT2D eigenvalue weighted by atomic mass is 16.6. The Morgan fingerprint density at radius 2 is 1.41 bits per heavy atom. The van der Waals surface area contributed by atoms with Gasteiger partial charge in [-0.15, -0.1) is 0 Å². The van der Waals surface area contributed by atoms with E-state index in [9.17, 15) is 29.1 Å². The molecule has 0 saturated heterocycles. The Morgan fingerprint density at radius 3 is 1.91 bits per heavy atom. The number of nitrogens with two attached hydrogens (primary N) is 1. The van der Waals surface area contributed by atoms with Crippen molar-refractivity contribution >= 4 is 29.8 Å². The lowest BCUT2D eigenvalue weighted by Gasteiger charge is -2.34. The Bertz CT molecular complexity index is 1300. The highest BCUT2D eigenvalue weighted by Gasteiger charge is 2.38. The van der Waals surface area contributed by atoms with Crippen LogP contribution in [0.15, 0.2) is 54.6 Å². The number of carbonyl (C=O) groups is 5. The van der Waals surface area contributed by atoms with Crippen LogP contribution < -0.4 is 16.4 Å². The Hall–Kier alpha value is -4.61. The molecule has 4 amide bonds. The van der Waals surface area contributed by atoms with Crippen LogP contribution in [0.4, 0.5) is 4.79 Å². The van der Waals surface area contributed by atoms with Gasteiger partial charge in [0.25, 0.3) is 0 Å². The number of primary amides is 1. The monoisotopic (exact) mass is 612 g/mol. The molecule has 0 aliphatic rings. The number of esters is 1. The zero-order valence-corrected chi connectivity index (χ0v) is 26.4. The standard InChI is InChI=1S/C32H44N4O8/c1-8-36(28(40)23(19-25(33)38)35-30(42)44-32(5,6)7)26(21-14-16-22(37)17-15-21)27(39)34-24(29(41)43-31(2,3)4)18-20-12-10-9-11-13-20/h9-17,23-24,26,37H,8,18-19H2,1-7H3,(H2,33,38)(H,34,39)(H,35,42). The van der Waals surface area contributed by atoms with Gasteiger partial charge in [-0.25, -0.2) is 9.59 Å². The summed E-state index contributed by atoms with van der Waals surface area (Å²) in [5, 5.41) is 15.0. The molecule has 0 aromatic heterocycles. The van der Waals surface area contributed by atoms with Crippen LogP contribution in [0.2, 0.25) is 0 Å². The summed E-state index contributed by atoms with van der Waals surface area (Å²) in [7, 11) is 0. The Labute approximate surface area is 258 Å². The zero-order valence-electron chi connectivity index (χ0n) is 26.4. The second kappa shape index (κ2) is 15.2. The van der Waals surface area contributed by atoms with Gasteiger partial charge in [-0.1, -0.05) is 42.5 Å². The van der Waals surface area contributed by atoms with E-state index < -0.39 is 65.5 Å². The average Bonchev–Trinajstić information content (AvgIpc) is 2.89. The summed E-state index contributed by atoms with van der Waals surface area (Å²) in [4.78, 5) is 66.9. The molecule has 44 heavy (non-hydrogen) atoms. The number of nitrogens with zero attached hydrogens (tertiary/aromatic N) is 1. The molecule has 240 valence electrons. The van der Waals surface area contributed by atoms with Gasteiger partial charge in [0.2, 0.25) is 17.7 Å². The minimum absolute atomic E-state index is 0.0428. The van der Waals surface area contributed by atoms with Gasteiger partial charge in [0.05, 0.1) is 6.42 Å². The number of aromatic hydroxyl groups is 1. The first kappa shape index (κ1) is 35.6. The van der Waals surface area contributed by atoms with Crippen molar-refractivity contribution in [3.63, 3.8) is 0 Å². The summed E-state index contributed by atoms with van der Waals surface area (Å²) in [6.45, 7) is 11.6. The largest absolute Gasteiger partial charge is 0.508 e. The van der Waals surface area contributed by atoms with Gasteiger partial charge >= 0.3 is 12.1 Å². The van der Waals surface area contributed by atoms with Crippen molar-refractivity contribution in [3.8, 4) is 5.75 Å². The van der Waals surface area contributed by atoms with Crippen LogP contribution in [0, 0.1) is 0 Å². The topological polar surface area (TPSA) is 177 Å². The molecule has 3 unspecified atom stereocenters. The van der Waals surface area contributed by atoms with E-state index in [0.29, 0.717) is 5.56 Å². The van der Waals surface area contributed by atoms with E-state index in [2.05, 4.69) is 10.6 Å². The number of alkyl carbamates (subject to hydrolysis) is 1. The predicted molar refractivity (Wildman–Crippen MR) is 163 cm³/mol. The number of benzene rings is 2.